The van der Waals surface area contributed by atoms with E-state index in [0.29, 0.717) is 10.8 Å². The number of rotatable bonds is 3. The lowest BCUT2D eigenvalue weighted by atomic mass is 10.3. The molecule has 0 aromatic carbocycles. The normalized spacial score (nSPS) is 13.6. The van der Waals surface area contributed by atoms with Crippen LogP contribution in [0.5, 0.6) is 0 Å². The molecule has 1 rings (SSSR count). The van der Waals surface area contributed by atoms with E-state index in [2.05, 4.69) is 36.1 Å². The number of aryl methyl sites for hydroxylation is 1. The fourth-order valence-corrected chi connectivity index (χ4v) is 1.29. The molecule has 4 nitrogen and oxygen atoms in total. The minimum atomic E-state index is 0.461. The summed E-state index contributed by atoms with van der Waals surface area (Å²) in [5.74, 6) is 0.943. The van der Waals surface area contributed by atoms with Crippen molar-refractivity contribution in [1.82, 2.24) is 19.7 Å². The van der Waals surface area contributed by atoms with Gasteiger partial charge in [0.2, 0.25) is 0 Å². The highest BCUT2D eigenvalue weighted by Crippen LogP contribution is 2.01. The zero-order valence-corrected chi connectivity index (χ0v) is 9.35. The van der Waals surface area contributed by atoms with Crippen LogP contribution in [0.15, 0.2) is 0 Å². The van der Waals surface area contributed by atoms with E-state index in [0.717, 1.165) is 12.4 Å². The minimum Gasteiger partial charge on any atom is -0.305 e. The first kappa shape index (κ1) is 10.4. The Labute approximate surface area is 83.6 Å². The summed E-state index contributed by atoms with van der Waals surface area (Å²) in [5.41, 5.74) is 0. The van der Waals surface area contributed by atoms with E-state index in [4.69, 9.17) is 12.2 Å². The van der Waals surface area contributed by atoms with Crippen LogP contribution in [-0.4, -0.2) is 39.8 Å². The highest BCUT2D eigenvalue weighted by molar-refractivity contribution is 7.71. The standard InChI is InChI=1S/C8H16N4S/c1-6(11(3)4)5-12-7(2)9-10-8(12)13/h6H,5H2,1-4H3,(H,10,13). The molecule has 0 amide bonds. The topological polar surface area (TPSA) is 36.9 Å². The van der Waals surface area contributed by atoms with Crippen molar-refractivity contribution in [3.8, 4) is 0 Å². The number of hydrogen-bond donors (Lipinski definition) is 1. The molecule has 0 aliphatic rings. The summed E-state index contributed by atoms with van der Waals surface area (Å²) < 4.78 is 2.71. The Kier molecular flexibility index (Phi) is 3.22. The second-order valence-electron chi connectivity index (χ2n) is 3.50. The maximum Gasteiger partial charge on any atom is 0.195 e. The molecule has 0 radical (unpaired) electrons. The van der Waals surface area contributed by atoms with Crippen LogP contribution in [0.4, 0.5) is 0 Å². The van der Waals surface area contributed by atoms with Gasteiger partial charge in [0.1, 0.15) is 5.82 Å². The molecule has 13 heavy (non-hydrogen) atoms. The van der Waals surface area contributed by atoms with Crippen molar-refractivity contribution in [3.63, 3.8) is 0 Å². The van der Waals surface area contributed by atoms with E-state index in [-0.39, 0.29) is 0 Å². The fraction of sp³-hybridized carbons (Fsp3) is 0.750. The predicted octanol–water partition coefficient (Wildman–Crippen LogP) is 1.20. The third kappa shape index (κ3) is 2.38. The Morgan fingerprint density at radius 2 is 2.23 bits per heavy atom. The van der Waals surface area contributed by atoms with Gasteiger partial charge in [-0.15, -0.1) is 0 Å². The largest absolute Gasteiger partial charge is 0.305 e. The molecule has 0 fully saturated rings. The van der Waals surface area contributed by atoms with Crippen LogP contribution in [0.1, 0.15) is 12.7 Å². The molecule has 0 spiro atoms. The lowest BCUT2D eigenvalue weighted by Gasteiger charge is -2.20. The second kappa shape index (κ2) is 4.02. The Morgan fingerprint density at radius 3 is 2.62 bits per heavy atom. The van der Waals surface area contributed by atoms with Gasteiger partial charge in [0.25, 0.3) is 0 Å². The molecule has 1 aromatic heterocycles. The van der Waals surface area contributed by atoms with E-state index in [9.17, 15) is 0 Å². The molecule has 74 valence electrons. The Hall–Kier alpha value is -0.680. The molecule has 0 saturated heterocycles. The summed E-state index contributed by atoms with van der Waals surface area (Å²) in [7, 11) is 4.12. The molecule has 5 heteroatoms. The summed E-state index contributed by atoms with van der Waals surface area (Å²) in [5, 5.41) is 6.83. The first-order chi connectivity index (χ1) is 6.02. The SMILES string of the molecule is Cc1n[nH]c(=S)n1CC(C)N(C)C. The average molecular weight is 200 g/mol. The number of nitrogens with zero attached hydrogens (tertiary/aromatic N) is 3. The van der Waals surface area contributed by atoms with Crippen LogP contribution in [0, 0.1) is 11.7 Å². The van der Waals surface area contributed by atoms with Gasteiger partial charge in [-0.3, -0.25) is 5.10 Å². The molecule has 0 saturated carbocycles. The molecular weight excluding hydrogens is 184 g/mol. The van der Waals surface area contributed by atoms with Gasteiger partial charge in [0.05, 0.1) is 0 Å². The van der Waals surface area contributed by atoms with Gasteiger partial charge in [0.15, 0.2) is 4.77 Å². The van der Waals surface area contributed by atoms with Gasteiger partial charge >= 0.3 is 0 Å². The van der Waals surface area contributed by atoms with E-state index in [1.54, 1.807) is 0 Å². The molecule has 1 heterocycles. The molecule has 1 aromatic rings. The maximum atomic E-state index is 5.10. The van der Waals surface area contributed by atoms with E-state index in [1.165, 1.54) is 0 Å². The third-order valence-corrected chi connectivity index (χ3v) is 2.59. The Morgan fingerprint density at radius 1 is 1.62 bits per heavy atom. The molecule has 0 aliphatic heterocycles. The van der Waals surface area contributed by atoms with Gasteiger partial charge < -0.3 is 9.47 Å². The van der Waals surface area contributed by atoms with Crippen LogP contribution in [0.2, 0.25) is 0 Å². The number of aromatic amines is 1. The number of hydrogen-bond acceptors (Lipinski definition) is 3. The highest BCUT2D eigenvalue weighted by atomic mass is 32.1. The quantitative estimate of drug-likeness (QED) is 0.745. The molecular formula is C8H16N4S. The molecule has 1 N–H and O–H groups in total. The van der Waals surface area contributed by atoms with Crippen LogP contribution in [-0.2, 0) is 6.54 Å². The first-order valence-electron chi connectivity index (χ1n) is 4.30. The molecule has 0 aliphatic carbocycles. The predicted molar refractivity (Wildman–Crippen MR) is 55.3 cm³/mol. The lowest BCUT2D eigenvalue weighted by Crippen LogP contribution is -2.29. The summed E-state index contributed by atoms with van der Waals surface area (Å²) in [6.07, 6.45) is 0. The van der Waals surface area contributed by atoms with Gasteiger partial charge in [0, 0.05) is 12.6 Å². The van der Waals surface area contributed by atoms with Gasteiger partial charge in [-0.2, -0.15) is 5.10 Å². The van der Waals surface area contributed by atoms with Gasteiger partial charge in [-0.25, -0.2) is 0 Å². The van der Waals surface area contributed by atoms with Crippen molar-refractivity contribution < 1.29 is 0 Å². The number of nitrogens with one attached hydrogen (secondary N) is 1. The van der Waals surface area contributed by atoms with Crippen LogP contribution in [0.3, 0.4) is 0 Å². The van der Waals surface area contributed by atoms with Crippen LogP contribution >= 0.6 is 12.2 Å². The smallest absolute Gasteiger partial charge is 0.195 e. The van der Waals surface area contributed by atoms with Crippen molar-refractivity contribution in [2.24, 2.45) is 0 Å². The van der Waals surface area contributed by atoms with Crippen molar-refractivity contribution in [1.29, 1.82) is 0 Å². The summed E-state index contributed by atoms with van der Waals surface area (Å²) in [6.45, 7) is 5.00. The summed E-state index contributed by atoms with van der Waals surface area (Å²) in [4.78, 5) is 2.16. The van der Waals surface area contributed by atoms with Crippen LogP contribution < -0.4 is 0 Å². The highest BCUT2D eigenvalue weighted by Gasteiger charge is 2.08. The summed E-state index contributed by atoms with van der Waals surface area (Å²) >= 11 is 5.10. The maximum absolute atomic E-state index is 5.10. The summed E-state index contributed by atoms with van der Waals surface area (Å²) in [6, 6.07) is 0.461. The number of aromatic nitrogens is 3. The monoisotopic (exact) mass is 200 g/mol. The third-order valence-electron chi connectivity index (χ3n) is 2.28. The number of likely N-dealkylation sites (N-methyl/N-ethyl adjacent to an activating group) is 1. The molecule has 1 atom stereocenters. The van der Waals surface area contributed by atoms with E-state index in [1.807, 2.05) is 11.5 Å². The molecule has 0 bridgehead atoms. The first-order valence-corrected chi connectivity index (χ1v) is 4.71. The lowest BCUT2D eigenvalue weighted by molar-refractivity contribution is 0.281. The van der Waals surface area contributed by atoms with Crippen molar-refractivity contribution in [3.05, 3.63) is 10.6 Å². The van der Waals surface area contributed by atoms with Gasteiger partial charge in [-0.1, -0.05) is 0 Å². The average Bonchev–Trinajstić information content (AvgIpc) is 2.35. The van der Waals surface area contributed by atoms with E-state index >= 15 is 0 Å². The van der Waals surface area contributed by atoms with Crippen molar-refractivity contribution in [2.75, 3.05) is 14.1 Å². The van der Waals surface area contributed by atoms with E-state index < -0.39 is 0 Å². The van der Waals surface area contributed by atoms with Crippen LogP contribution in [0.25, 0.3) is 0 Å². The van der Waals surface area contributed by atoms with Gasteiger partial charge in [-0.05, 0) is 40.2 Å². The Balaban J connectivity index is 2.79. The van der Waals surface area contributed by atoms with Crippen molar-refractivity contribution in [2.45, 2.75) is 26.4 Å². The molecule has 1 unspecified atom stereocenters. The van der Waals surface area contributed by atoms with Crippen molar-refractivity contribution >= 4 is 12.2 Å². The zero-order valence-electron chi connectivity index (χ0n) is 8.53. The number of H-pyrrole nitrogens is 1. The fourth-order valence-electron chi connectivity index (χ4n) is 1.04. The Bertz CT molecular complexity index is 325. The zero-order chi connectivity index (χ0) is 10.0. The minimum absolute atomic E-state index is 0.461. The second-order valence-corrected chi connectivity index (χ2v) is 3.89.